The van der Waals surface area contributed by atoms with Gasteiger partial charge in [-0.1, -0.05) is 57.9 Å². The second-order valence-corrected chi connectivity index (χ2v) is 16.8. The molecule has 0 aromatic heterocycles. The van der Waals surface area contributed by atoms with Gasteiger partial charge in [-0.2, -0.15) is 0 Å². The molecule has 2 aliphatic heterocycles. The molecule has 11 heteroatoms. The highest BCUT2D eigenvalue weighted by Gasteiger charge is 2.54. The molecule has 11 nitrogen and oxygen atoms in total. The minimum atomic E-state index is -2.35. The van der Waals surface area contributed by atoms with Gasteiger partial charge in [-0.25, -0.2) is 4.79 Å². The highest BCUT2D eigenvalue weighted by Crippen LogP contribution is 2.36. The third kappa shape index (κ3) is 12.4. The summed E-state index contributed by atoms with van der Waals surface area (Å²) in [5, 5.41) is 21.8. The summed E-state index contributed by atoms with van der Waals surface area (Å²) in [7, 11) is 3.13. The second kappa shape index (κ2) is 21.7. The number of hydrogen-bond donors (Lipinski definition) is 2. The number of carbonyl (C=O) groups excluding carboxylic acids is 4. The predicted octanol–water partition coefficient (Wildman–Crippen LogP) is 6.68. The number of aliphatic hydroxyl groups is 2. The van der Waals surface area contributed by atoms with E-state index in [1.54, 1.807) is 27.0 Å². The van der Waals surface area contributed by atoms with Crippen LogP contribution in [-0.4, -0.2) is 102 Å². The summed E-state index contributed by atoms with van der Waals surface area (Å²) in [5.41, 5.74) is 2.01. The van der Waals surface area contributed by atoms with Crippen LogP contribution in [0.15, 0.2) is 36.0 Å². The molecule has 1 amide bonds. The zero-order valence-electron chi connectivity index (χ0n) is 35.1. The first kappa shape index (κ1) is 46.7. The zero-order valence-corrected chi connectivity index (χ0v) is 35.1. The minimum absolute atomic E-state index is 0.0858. The summed E-state index contributed by atoms with van der Waals surface area (Å²) in [5.74, 6) is -5.58. The quantitative estimate of drug-likeness (QED) is 0.0828. The van der Waals surface area contributed by atoms with Crippen molar-refractivity contribution in [3.05, 3.63) is 36.0 Å². The van der Waals surface area contributed by atoms with Gasteiger partial charge in [-0.15, -0.1) is 6.58 Å². The molecule has 312 valence electrons. The first-order chi connectivity index (χ1) is 26.0. The minimum Gasteiger partial charge on any atom is -0.456 e. The van der Waals surface area contributed by atoms with Crippen LogP contribution in [0.3, 0.4) is 0 Å². The average Bonchev–Trinajstić information content (AvgIpc) is 3.16. The Hall–Kier alpha value is -2.70. The van der Waals surface area contributed by atoms with E-state index in [0.29, 0.717) is 57.3 Å². The molecule has 12 atom stereocenters. The Balaban J connectivity index is 1.85. The molecule has 3 rings (SSSR count). The number of likely N-dealkylation sites (tertiary alicyclic amines) is 1. The highest BCUT2D eigenvalue weighted by atomic mass is 16.7. The summed E-state index contributed by atoms with van der Waals surface area (Å²) < 4.78 is 23.1. The number of nitrogens with zero attached hydrogens (tertiary/aromatic N) is 1. The predicted molar refractivity (Wildman–Crippen MR) is 212 cm³/mol. The number of allylic oxidation sites excluding steroid dienone is 4. The molecular formula is C44H71NO10. The Morgan fingerprint density at radius 3 is 2.35 bits per heavy atom. The molecule has 1 aliphatic carbocycles. The van der Waals surface area contributed by atoms with Crippen LogP contribution in [0.1, 0.15) is 126 Å². The zero-order chi connectivity index (χ0) is 41.0. The summed E-state index contributed by atoms with van der Waals surface area (Å²) in [6.45, 7) is 17.7. The molecule has 55 heavy (non-hydrogen) atoms. The maximum absolute atomic E-state index is 14.2. The average molecular weight is 774 g/mol. The van der Waals surface area contributed by atoms with Crippen LogP contribution in [-0.2, 0) is 38.1 Å². The second-order valence-electron chi connectivity index (χ2n) is 16.8. The lowest BCUT2D eigenvalue weighted by molar-refractivity contribution is -0.282. The van der Waals surface area contributed by atoms with E-state index in [0.717, 1.165) is 24.8 Å². The van der Waals surface area contributed by atoms with Gasteiger partial charge < -0.3 is 34.1 Å². The number of ether oxygens (including phenoxy) is 4. The number of amides is 1. The van der Waals surface area contributed by atoms with Crippen LogP contribution in [0.2, 0.25) is 0 Å². The number of Topliss-reactive ketones (excluding diaryl/α,β-unsaturated/α-hetero) is 2. The van der Waals surface area contributed by atoms with Crippen molar-refractivity contribution in [3.63, 3.8) is 0 Å². The Morgan fingerprint density at radius 2 is 1.71 bits per heavy atom. The summed E-state index contributed by atoms with van der Waals surface area (Å²) in [6, 6.07) is -1.03. The van der Waals surface area contributed by atoms with E-state index in [2.05, 4.69) is 39.5 Å². The molecule has 0 aromatic carbocycles. The van der Waals surface area contributed by atoms with Gasteiger partial charge in [0.1, 0.15) is 17.9 Å². The Labute approximate surface area is 330 Å². The van der Waals surface area contributed by atoms with Crippen LogP contribution in [0, 0.1) is 29.6 Å². The van der Waals surface area contributed by atoms with E-state index >= 15 is 0 Å². The standard InChI is InChI=1S/C44H71NO10/c1-11-15-34(23-28(4)22-27(3)12-2)36(46)19-17-29(5)40(30(6)24-33-18-20-37(47)39(26-33)53-10)54-43(50)35-16-13-14-21-45(35)42(49)41(48)44(51)31(7)25-38(52-9)32(8)55-44/h11,23-24,27,29,31-35,37-40,47,51H,1,12-22,25-26H2,2-10H3/b28-23+,30-24+/t27-,29-,31-,32-,33+,34-,35?,37-,38+,39-,40+,44?/m1/s1. The van der Waals surface area contributed by atoms with Gasteiger partial charge in [0.25, 0.3) is 11.7 Å². The van der Waals surface area contributed by atoms with E-state index in [-0.39, 0.29) is 48.7 Å². The highest BCUT2D eigenvalue weighted by molar-refractivity contribution is 6.39. The SMILES string of the molecule is C=CC[C@H](/C=C(\C)C[C@H](C)CC)C(=O)CC[C@@H](C)[C@H](OC(=O)C1CCCCN1C(=O)C(=O)C1(O)O[C@H](C)[C@@H](OC)C[C@H]1C)/C(C)=C/[C@@H]1CC[C@@H](O)[C@H](OC)C1. The van der Waals surface area contributed by atoms with Gasteiger partial charge in [-0.05, 0) is 108 Å². The third-order valence-corrected chi connectivity index (χ3v) is 12.3. The normalized spacial score (nSPS) is 31.5. The van der Waals surface area contributed by atoms with Crippen molar-refractivity contribution in [2.75, 3.05) is 20.8 Å². The Bertz CT molecular complexity index is 1380. The van der Waals surface area contributed by atoms with Gasteiger partial charge in [0, 0.05) is 39.0 Å². The number of piperidine rings is 1. The lowest BCUT2D eigenvalue weighted by atomic mass is 9.82. The monoisotopic (exact) mass is 774 g/mol. The number of carbonyl (C=O) groups is 4. The van der Waals surface area contributed by atoms with Gasteiger partial charge in [0.15, 0.2) is 0 Å². The molecule has 2 N–H and O–H groups in total. The lowest BCUT2D eigenvalue weighted by Crippen LogP contribution is -2.62. The van der Waals surface area contributed by atoms with E-state index in [4.69, 9.17) is 18.9 Å². The smallest absolute Gasteiger partial charge is 0.329 e. The lowest BCUT2D eigenvalue weighted by Gasteiger charge is -2.44. The molecule has 0 aromatic rings. The molecule has 2 heterocycles. The van der Waals surface area contributed by atoms with Crippen LogP contribution >= 0.6 is 0 Å². The van der Waals surface area contributed by atoms with Gasteiger partial charge in [-0.3, -0.25) is 14.4 Å². The van der Waals surface area contributed by atoms with Crippen LogP contribution in [0.5, 0.6) is 0 Å². The third-order valence-electron chi connectivity index (χ3n) is 12.3. The molecule has 3 fully saturated rings. The number of rotatable bonds is 19. The fourth-order valence-electron chi connectivity index (χ4n) is 8.60. The van der Waals surface area contributed by atoms with Crippen LogP contribution in [0.25, 0.3) is 0 Å². The molecule has 2 unspecified atom stereocenters. The van der Waals surface area contributed by atoms with Gasteiger partial charge >= 0.3 is 5.97 Å². The first-order valence-corrected chi connectivity index (χ1v) is 20.7. The summed E-state index contributed by atoms with van der Waals surface area (Å²) in [4.78, 5) is 56.7. The molecule has 1 saturated carbocycles. The molecule has 2 saturated heterocycles. The van der Waals surface area contributed by atoms with Crippen molar-refractivity contribution < 1.29 is 48.3 Å². The van der Waals surface area contributed by atoms with Gasteiger partial charge in [0.2, 0.25) is 5.79 Å². The number of aliphatic hydroxyl groups excluding tert-OH is 1. The first-order valence-electron chi connectivity index (χ1n) is 20.7. The number of ketones is 2. The molecule has 0 spiro atoms. The number of esters is 1. The molecular weight excluding hydrogens is 702 g/mol. The van der Waals surface area contributed by atoms with E-state index in [1.807, 2.05) is 13.8 Å². The van der Waals surface area contributed by atoms with Crippen molar-refractivity contribution in [1.82, 2.24) is 4.90 Å². The van der Waals surface area contributed by atoms with Crippen LogP contribution in [0.4, 0.5) is 0 Å². The Kier molecular flexibility index (Phi) is 18.4. The van der Waals surface area contributed by atoms with Crippen molar-refractivity contribution in [1.29, 1.82) is 0 Å². The summed E-state index contributed by atoms with van der Waals surface area (Å²) in [6.07, 6.45) is 10.6. The molecule has 3 aliphatic rings. The topological polar surface area (TPSA) is 149 Å². The number of methoxy groups -OCH3 is 2. The summed E-state index contributed by atoms with van der Waals surface area (Å²) >= 11 is 0. The van der Waals surface area contributed by atoms with Gasteiger partial charge in [0.05, 0.1) is 24.4 Å². The maximum atomic E-state index is 14.2. The van der Waals surface area contributed by atoms with E-state index in [1.165, 1.54) is 17.6 Å². The van der Waals surface area contributed by atoms with Crippen molar-refractivity contribution in [2.45, 2.75) is 168 Å². The molecule has 0 bridgehead atoms. The van der Waals surface area contributed by atoms with Crippen molar-refractivity contribution >= 4 is 23.4 Å². The largest absolute Gasteiger partial charge is 0.456 e. The van der Waals surface area contributed by atoms with E-state index < -0.39 is 53.7 Å². The van der Waals surface area contributed by atoms with Crippen molar-refractivity contribution in [3.8, 4) is 0 Å². The fraction of sp³-hybridized carbons (Fsp3) is 0.773. The van der Waals surface area contributed by atoms with E-state index in [9.17, 15) is 29.4 Å². The fourth-order valence-corrected chi connectivity index (χ4v) is 8.60. The maximum Gasteiger partial charge on any atom is 0.329 e. The number of hydrogen-bond acceptors (Lipinski definition) is 10. The van der Waals surface area contributed by atoms with Crippen molar-refractivity contribution in [2.24, 2.45) is 29.6 Å². The molecule has 0 radical (unpaired) electrons. The Morgan fingerprint density at radius 1 is 1.02 bits per heavy atom. The van der Waals surface area contributed by atoms with Crippen LogP contribution < -0.4 is 0 Å².